The Labute approximate surface area is 58.2 Å². The van der Waals surface area contributed by atoms with Crippen LogP contribution in [0.1, 0.15) is 13.3 Å². The molecule has 1 atom stereocenters. The number of hydrogen-bond acceptors (Lipinski definition) is 5. The summed E-state index contributed by atoms with van der Waals surface area (Å²) in [6.45, 7) is 0.679. The lowest BCUT2D eigenvalue weighted by molar-refractivity contribution is -0.118. The van der Waals surface area contributed by atoms with Gasteiger partial charge in [0, 0.05) is 0 Å². The molecule has 0 saturated carbocycles. The zero-order valence-corrected chi connectivity index (χ0v) is 5.70. The average Bonchev–Trinajstić information content (AvgIpc) is 1.87. The van der Waals surface area contributed by atoms with Crippen LogP contribution in [-0.4, -0.2) is 23.2 Å². The molecule has 3 N–H and O–H groups in total. The van der Waals surface area contributed by atoms with Gasteiger partial charge in [0.15, 0.2) is 5.66 Å². The van der Waals surface area contributed by atoms with Crippen LogP contribution in [0.15, 0.2) is 5.18 Å². The Balaban J connectivity index is 4.05. The normalized spacial score (nSPS) is 15.9. The van der Waals surface area contributed by atoms with Crippen molar-refractivity contribution in [2.24, 2.45) is 10.9 Å². The van der Waals surface area contributed by atoms with Gasteiger partial charge < -0.3 is 10.8 Å². The monoisotopic (exact) mass is 146 g/mol. The summed E-state index contributed by atoms with van der Waals surface area (Å²) in [5.41, 5.74) is 3.53. The van der Waals surface area contributed by atoms with E-state index in [2.05, 4.69) is 5.18 Å². The van der Waals surface area contributed by atoms with Gasteiger partial charge in [-0.05, 0) is 12.1 Å². The van der Waals surface area contributed by atoms with Crippen LogP contribution in [0.25, 0.3) is 0 Å². The molecule has 0 aromatic carbocycles. The molecular weight excluding hydrogens is 136 g/mol. The van der Waals surface area contributed by atoms with E-state index in [4.69, 9.17) is 10.8 Å². The average molecular weight is 146 g/mol. The predicted molar refractivity (Wildman–Crippen MR) is 35.1 cm³/mol. The Bertz CT molecular complexity index is 148. The minimum absolute atomic E-state index is 0.215. The summed E-state index contributed by atoms with van der Waals surface area (Å²) in [4.78, 5) is 20.3. The van der Waals surface area contributed by atoms with E-state index in [1.165, 1.54) is 6.92 Å². The third-order valence-electron chi connectivity index (χ3n) is 1.01. The summed E-state index contributed by atoms with van der Waals surface area (Å²) >= 11 is 0. The molecule has 0 aliphatic heterocycles. The van der Waals surface area contributed by atoms with E-state index in [0.29, 0.717) is 0 Å². The molecule has 0 heterocycles. The maximum absolute atomic E-state index is 10.4. The standard InChI is InChI=1S/C5H10N2O3/c1-4(9)2-5(6,3-8)7-10/h8H,2-3,6H2,1H3. The fourth-order valence-electron chi connectivity index (χ4n) is 0.548. The Morgan fingerprint density at radius 3 is 2.40 bits per heavy atom. The van der Waals surface area contributed by atoms with Crippen molar-refractivity contribution < 1.29 is 9.90 Å². The van der Waals surface area contributed by atoms with Gasteiger partial charge in [0.25, 0.3) is 0 Å². The van der Waals surface area contributed by atoms with Crippen LogP contribution in [-0.2, 0) is 4.79 Å². The molecule has 0 radical (unpaired) electrons. The lowest BCUT2D eigenvalue weighted by atomic mass is 10.1. The van der Waals surface area contributed by atoms with Crippen LogP contribution in [0.5, 0.6) is 0 Å². The van der Waals surface area contributed by atoms with Crippen molar-refractivity contribution in [2.45, 2.75) is 19.0 Å². The molecule has 0 bridgehead atoms. The van der Waals surface area contributed by atoms with Crippen molar-refractivity contribution in [1.29, 1.82) is 0 Å². The highest BCUT2D eigenvalue weighted by Crippen LogP contribution is 2.06. The number of hydrogen-bond donors (Lipinski definition) is 2. The first kappa shape index (κ1) is 9.19. The van der Waals surface area contributed by atoms with E-state index < -0.39 is 12.3 Å². The molecule has 0 fully saturated rings. The maximum atomic E-state index is 10.4. The molecular formula is C5H10N2O3. The van der Waals surface area contributed by atoms with Crippen molar-refractivity contribution >= 4 is 5.78 Å². The second-order valence-electron chi connectivity index (χ2n) is 2.23. The van der Waals surface area contributed by atoms with Gasteiger partial charge in [0.05, 0.1) is 13.0 Å². The number of aliphatic hydroxyl groups excluding tert-OH is 1. The summed E-state index contributed by atoms with van der Waals surface area (Å²) in [5, 5.41) is 10.9. The molecule has 0 aromatic rings. The Kier molecular flexibility index (Phi) is 3.11. The van der Waals surface area contributed by atoms with Crippen LogP contribution in [0.3, 0.4) is 0 Å². The highest BCUT2D eigenvalue weighted by Gasteiger charge is 2.26. The number of carbonyl (C=O) groups is 1. The highest BCUT2D eigenvalue weighted by atomic mass is 16.3. The number of nitrogens with zero attached hydrogens (tertiary/aromatic N) is 1. The van der Waals surface area contributed by atoms with Gasteiger partial charge in [-0.2, -0.15) is 0 Å². The highest BCUT2D eigenvalue weighted by molar-refractivity contribution is 5.76. The lowest BCUT2D eigenvalue weighted by Gasteiger charge is -2.15. The second-order valence-corrected chi connectivity index (χ2v) is 2.23. The third-order valence-corrected chi connectivity index (χ3v) is 1.01. The van der Waals surface area contributed by atoms with Gasteiger partial charge in [0.2, 0.25) is 0 Å². The maximum Gasteiger partial charge on any atom is 0.180 e. The summed E-state index contributed by atoms with van der Waals surface area (Å²) in [6, 6.07) is 0. The molecule has 5 heteroatoms. The first-order chi connectivity index (χ1) is 4.54. The summed E-state index contributed by atoms with van der Waals surface area (Å²) in [6.07, 6.45) is -0.215. The number of Topliss-reactive ketones (excluding diaryl/α,β-unsaturated/α-hetero) is 1. The van der Waals surface area contributed by atoms with Crippen molar-refractivity contribution in [3.63, 3.8) is 0 Å². The van der Waals surface area contributed by atoms with Gasteiger partial charge in [0.1, 0.15) is 5.78 Å². The number of rotatable bonds is 4. The fraction of sp³-hybridized carbons (Fsp3) is 0.800. The lowest BCUT2D eigenvalue weighted by Crippen LogP contribution is -2.42. The summed E-state index contributed by atoms with van der Waals surface area (Å²) in [5.74, 6) is -0.267. The number of aliphatic hydroxyl groups is 1. The second kappa shape index (κ2) is 3.38. The van der Waals surface area contributed by atoms with Gasteiger partial charge in [-0.1, -0.05) is 0 Å². The number of nitrogens with two attached hydrogens (primary N) is 1. The minimum atomic E-state index is -1.62. The molecule has 58 valence electrons. The van der Waals surface area contributed by atoms with E-state index in [9.17, 15) is 9.70 Å². The molecule has 0 amide bonds. The van der Waals surface area contributed by atoms with Gasteiger partial charge in [-0.25, -0.2) is 0 Å². The summed E-state index contributed by atoms with van der Waals surface area (Å²) < 4.78 is 0. The SMILES string of the molecule is CC(=O)CC(N)(CO)N=O. The molecule has 0 rings (SSSR count). The molecule has 10 heavy (non-hydrogen) atoms. The van der Waals surface area contributed by atoms with E-state index in [-0.39, 0.29) is 12.2 Å². The number of ketones is 1. The first-order valence-electron chi connectivity index (χ1n) is 2.78. The zero-order valence-electron chi connectivity index (χ0n) is 5.70. The van der Waals surface area contributed by atoms with E-state index in [0.717, 1.165) is 0 Å². The minimum Gasteiger partial charge on any atom is -0.392 e. The predicted octanol–water partition coefficient (Wildman–Crippen LogP) is -0.621. The van der Waals surface area contributed by atoms with E-state index >= 15 is 0 Å². The zero-order chi connectivity index (χ0) is 8.20. The van der Waals surface area contributed by atoms with Crippen molar-refractivity contribution in [1.82, 2.24) is 0 Å². The largest absolute Gasteiger partial charge is 0.392 e. The topological polar surface area (TPSA) is 92.8 Å². The van der Waals surface area contributed by atoms with E-state index in [1.54, 1.807) is 0 Å². The molecule has 1 unspecified atom stereocenters. The summed E-state index contributed by atoms with van der Waals surface area (Å²) in [7, 11) is 0. The van der Waals surface area contributed by atoms with Gasteiger partial charge in [-0.3, -0.25) is 4.79 Å². The Hall–Kier alpha value is -0.810. The quantitative estimate of drug-likeness (QED) is 0.517. The van der Waals surface area contributed by atoms with E-state index in [1.807, 2.05) is 0 Å². The number of carbonyl (C=O) groups excluding carboxylic acids is 1. The molecule has 0 saturated heterocycles. The van der Waals surface area contributed by atoms with Crippen LogP contribution in [0, 0.1) is 4.91 Å². The Morgan fingerprint density at radius 1 is 1.80 bits per heavy atom. The molecule has 0 aliphatic rings. The van der Waals surface area contributed by atoms with Gasteiger partial charge >= 0.3 is 0 Å². The van der Waals surface area contributed by atoms with Crippen LogP contribution >= 0.6 is 0 Å². The van der Waals surface area contributed by atoms with Crippen molar-refractivity contribution in [3.8, 4) is 0 Å². The Morgan fingerprint density at radius 2 is 2.30 bits per heavy atom. The smallest absolute Gasteiger partial charge is 0.180 e. The first-order valence-corrected chi connectivity index (χ1v) is 2.78. The van der Waals surface area contributed by atoms with Gasteiger partial charge in [-0.15, -0.1) is 4.91 Å². The molecule has 0 aliphatic carbocycles. The van der Waals surface area contributed by atoms with Crippen LogP contribution in [0.2, 0.25) is 0 Å². The van der Waals surface area contributed by atoms with Crippen LogP contribution in [0.4, 0.5) is 0 Å². The molecule has 5 nitrogen and oxygen atoms in total. The third kappa shape index (κ3) is 2.65. The number of nitroso groups, excluding NO2 is 1. The van der Waals surface area contributed by atoms with Crippen molar-refractivity contribution in [3.05, 3.63) is 4.91 Å². The molecule has 0 spiro atoms. The van der Waals surface area contributed by atoms with Crippen molar-refractivity contribution in [2.75, 3.05) is 6.61 Å². The van der Waals surface area contributed by atoms with Crippen LogP contribution < -0.4 is 5.73 Å². The molecule has 0 aromatic heterocycles. The fourth-order valence-corrected chi connectivity index (χ4v) is 0.548.